The van der Waals surface area contributed by atoms with Gasteiger partial charge in [-0.3, -0.25) is 4.99 Å². The molecule has 0 saturated heterocycles. The Bertz CT molecular complexity index is 737. The van der Waals surface area contributed by atoms with Crippen LogP contribution in [0.2, 0.25) is 0 Å². The van der Waals surface area contributed by atoms with Gasteiger partial charge < -0.3 is 20.5 Å². The molecule has 0 aromatic heterocycles. The first-order valence-electron chi connectivity index (χ1n) is 9.37. The lowest BCUT2D eigenvalue weighted by Gasteiger charge is -2.23. The Morgan fingerprint density at radius 3 is 2.28 bits per heavy atom. The number of hydrogen-bond donors (Lipinski definition) is 4. The molecule has 1 unspecified atom stereocenters. The Labute approximate surface area is 192 Å². The fourth-order valence-electron chi connectivity index (χ4n) is 2.50. The summed E-state index contributed by atoms with van der Waals surface area (Å²) in [5.41, 5.74) is 0.0411. The molecule has 0 radical (unpaired) electrons. The number of nitrogens with one attached hydrogen (secondary N) is 3. The van der Waals surface area contributed by atoms with Crippen molar-refractivity contribution < 1.29 is 18.3 Å². The highest BCUT2D eigenvalue weighted by Gasteiger charge is 2.22. The summed E-state index contributed by atoms with van der Waals surface area (Å²) in [6, 6.07) is 7.31. The van der Waals surface area contributed by atoms with E-state index < -0.39 is 21.7 Å². The maximum Gasteiger partial charge on any atom is 0.209 e. The van der Waals surface area contributed by atoms with E-state index >= 15 is 0 Å². The molecule has 168 valence electrons. The van der Waals surface area contributed by atoms with Crippen LogP contribution in [0.15, 0.2) is 29.3 Å². The normalized spacial score (nSPS) is 13.6. The first-order chi connectivity index (χ1) is 12.9. The number of sulfonamides is 1. The highest BCUT2D eigenvalue weighted by molar-refractivity contribution is 14.0. The molecule has 0 aliphatic heterocycles. The van der Waals surface area contributed by atoms with Gasteiger partial charge in [0, 0.05) is 18.6 Å². The first-order valence-corrected chi connectivity index (χ1v) is 11.3. The topological polar surface area (TPSA) is 112 Å². The van der Waals surface area contributed by atoms with Crippen molar-refractivity contribution in [3.05, 3.63) is 29.8 Å². The Morgan fingerprint density at radius 1 is 1.21 bits per heavy atom. The van der Waals surface area contributed by atoms with E-state index in [9.17, 15) is 13.5 Å². The Kier molecular flexibility index (Phi) is 12.1. The van der Waals surface area contributed by atoms with Crippen molar-refractivity contribution in [2.45, 2.75) is 52.4 Å². The number of rotatable bonds is 10. The average molecular weight is 542 g/mol. The molecular formula is C19H35IN4O4S. The lowest BCUT2D eigenvalue weighted by atomic mass is 10.1. The van der Waals surface area contributed by atoms with Gasteiger partial charge in [0.15, 0.2) is 5.96 Å². The van der Waals surface area contributed by atoms with E-state index in [2.05, 4.69) is 20.3 Å². The minimum absolute atomic E-state index is 0. The molecule has 0 fully saturated rings. The number of ether oxygens (including phenoxy) is 1. The summed E-state index contributed by atoms with van der Waals surface area (Å²) in [6.45, 7) is 10.5. The van der Waals surface area contributed by atoms with Gasteiger partial charge in [0.25, 0.3) is 0 Å². The van der Waals surface area contributed by atoms with Gasteiger partial charge in [-0.15, -0.1) is 24.0 Å². The second-order valence-corrected chi connectivity index (χ2v) is 9.33. The third-order valence-corrected chi connectivity index (χ3v) is 4.46. The average Bonchev–Trinajstić information content (AvgIpc) is 2.55. The number of benzene rings is 1. The molecule has 0 heterocycles. The largest absolute Gasteiger partial charge is 0.491 e. The number of nitrogens with zero attached hydrogens (tertiary/aromatic N) is 1. The summed E-state index contributed by atoms with van der Waals surface area (Å²) < 4.78 is 31.0. The van der Waals surface area contributed by atoms with E-state index in [0.29, 0.717) is 12.5 Å². The monoisotopic (exact) mass is 542 g/mol. The van der Waals surface area contributed by atoms with Crippen molar-refractivity contribution in [3.8, 4) is 5.75 Å². The van der Waals surface area contributed by atoms with Crippen molar-refractivity contribution >= 4 is 40.0 Å². The molecule has 4 N–H and O–H groups in total. The standard InChI is InChI=1S/C19H34N4O4S.HI/c1-7-20-18(22-13-19(4,5)23-28(6,25)26)21-12-17(24)15-8-10-16(11-9-15)27-14(2)3;/h8-11,14,17,23-24H,7,12-13H2,1-6H3,(H2,20,21,22);1H. The number of aliphatic hydroxyl groups is 1. The molecule has 29 heavy (non-hydrogen) atoms. The number of aliphatic imine (C=N–C) groups is 1. The van der Waals surface area contributed by atoms with Crippen LogP contribution in [0.25, 0.3) is 0 Å². The van der Waals surface area contributed by atoms with Crippen LogP contribution in [-0.2, 0) is 10.0 Å². The highest BCUT2D eigenvalue weighted by Crippen LogP contribution is 2.18. The van der Waals surface area contributed by atoms with E-state index in [1.54, 1.807) is 13.8 Å². The van der Waals surface area contributed by atoms with Crippen LogP contribution in [0, 0.1) is 0 Å². The van der Waals surface area contributed by atoms with Gasteiger partial charge in [-0.05, 0) is 52.3 Å². The Morgan fingerprint density at radius 2 is 1.79 bits per heavy atom. The van der Waals surface area contributed by atoms with Crippen molar-refractivity contribution in [3.63, 3.8) is 0 Å². The maximum atomic E-state index is 11.4. The quantitative estimate of drug-likeness (QED) is 0.205. The van der Waals surface area contributed by atoms with E-state index in [1.807, 2.05) is 45.0 Å². The van der Waals surface area contributed by atoms with E-state index in [1.165, 1.54) is 0 Å². The van der Waals surface area contributed by atoms with Crippen LogP contribution in [0.4, 0.5) is 0 Å². The second-order valence-electron chi connectivity index (χ2n) is 7.59. The summed E-state index contributed by atoms with van der Waals surface area (Å²) in [6.07, 6.45) is 0.493. The van der Waals surface area contributed by atoms with Gasteiger partial charge in [-0.25, -0.2) is 13.1 Å². The predicted octanol–water partition coefficient (Wildman–Crippen LogP) is 2.01. The first kappa shape index (κ1) is 27.9. The lowest BCUT2D eigenvalue weighted by molar-refractivity contribution is 0.180. The third kappa shape index (κ3) is 12.2. The van der Waals surface area contributed by atoms with Crippen LogP contribution in [-0.4, -0.2) is 57.0 Å². The van der Waals surface area contributed by atoms with Gasteiger partial charge in [0.05, 0.1) is 25.0 Å². The predicted molar refractivity (Wildman–Crippen MR) is 129 cm³/mol. The van der Waals surface area contributed by atoms with E-state index in [-0.39, 0.29) is 43.2 Å². The Hall–Kier alpha value is -1.11. The molecule has 1 atom stereocenters. The van der Waals surface area contributed by atoms with Crippen molar-refractivity contribution in [1.82, 2.24) is 15.4 Å². The summed E-state index contributed by atoms with van der Waals surface area (Å²) >= 11 is 0. The molecule has 0 amide bonds. The third-order valence-electron chi connectivity index (χ3n) is 3.54. The minimum atomic E-state index is -3.33. The smallest absolute Gasteiger partial charge is 0.209 e. The highest BCUT2D eigenvalue weighted by atomic mass is 127. The fraction of sp³-hybridized carbons (Fsp3) is 0.632. The zero-order valence-electron chi connectivity index (χ0n) is 18.0. The van der Waals surface area contributed by atoms with Crippen LogP contribution in [0.3, 0.4) is 0 Å². The maximum absolute atomic E-state index is 11.4. The zero-order valence-corrected chi connectivity index (χ0v) is 21.2. The van der Waals surface area contributed by atoms with Crippen LogP contribution >= 0.6 is 24.0 Å². The van der Waals surface area contributed by atoms with Gasteiger partial charge in [-0.1, -0.05) is 12.1 Å². The lowest BCUT2D eigenvalue weighted by Crippen LogP contribution is -2.47. The molecule has 0 bridgehead atoms. The zero-order chi connectivity index (χ0) is 21.4. The molecule has 1 aromatic rings. The van der Waals surface area contributed by atoms with E-state index in [4.69, 9.17) is 4.74 Å². The number of guanidine groups is 1. The molecule has 0 saturated carbocycles. The van der Waals surface area contributed by atoms with Gasteiger partial charge >= 0.3 is 0 Å². The minimum Gasteiger partial charge on any atom is -0.491 e. The molecule has 8 nitrogen and oxygen atoms in total. The molecule has 10 heteroatoms. The van der Waals surface area contributed by atoms with Gasteiger partial charge in [-0.2, -0.15) is 0 Å². The molecule has 0 spiro atoms. The molecule has 1 aromatic carbocycles. The van der Waals surface area contributed by atoms with E-state index in [0.717, 1.165) is 17.6 Å². The second kappa shape index (κ2) is 12.6. The number of halogens is 1. The van der Waals surface area contributed by atoms with Crippen LogP contribution < -0.4 is 20.1 Å². The summed E-state index contributed by atoms with van der Waals surface area (Å²) in [5.74, 6) is 1.26. The Balaban J connectivity index is 0.00000784. The van der Waals surface area contributed by atoms with Crippen LogP contribution in [0.1, 0.15) is 46.3 Å². The number of hydrogen-bond acceptors (Lipinski definition) is 5. The van der Waals surface area contributed by atoms with Crippen molar-refractivity contribution in [2.24, 2.45) is 4.99 Å². The SMILES string of the molecule is CCNC(=NCC(C)(C)NS(C)(=O)=O)NCC(O)c1ccc(OC(C)C)cc1.I. The fourth-order valence-corrected chi connectivity index (χ4v) is 3.57. The summed E-state index contributed by atoms with van der Waals surface area (Å²) in [4.78, 5) is 4.42. The van der Waals surface area contributed by atoms with Gasteiger partial charge in [0.1, 0.15) is 5.75 Å². The van der Waals surface area contributed by atoms with Gasteiger partial charge in [0.2, 0.25) is 10.0 Å². The molecule has 1 rings (SSSR count). The molecular weight excluding hydrogens is 507 g/mol. The van der Waals surface area contributed by atoms with Crippen LogP contribution in [0.5, 0.6) is 5.75 Å². The molecule has 0 aliphatic carbocycles. The van der Waals surface area contributed by atoms with Crippen molar-refractivity contribution in [2.75, 3.05) is 25.9 Å². The summed E-state index contributed by atoms with van der Waals surface area (Å²) in [5, 5.41) is 16.6. The number of aliphatic hydroxyl groups excluding tert-OH is 1. The summed E-state index contributed by atoms with van der Waals surface area (Å²) in [7, 11) is -3.33. The van der Waals surface area contributed by atoms with Crippen molar-refractivity contribution in [1.29, 1.82) is 0 Å². The molecule has 0 aliphatic rings.